The maximum atomic E-state index is 10.8. The summed E-state index contributed by atoms with van der Waals surface area (Å²) in [5.41, 5.74) is 5.47. The van der Waals surface area contributed by atoms with E-state index in [-0.39, 0.29) is 12.5 Å². The average Bonchev–Trinajstić information content (AvgIpc) is 2.43. The Labute approximate surface area is 90.7 Å². The largest absolute Gasteiger partial charge is 0.481 e. The van der Waals surface area contributed by atoms with Crippen molar-refractivity contribution < 1.29 is 19.8 Å². The molecule has 0 bridgehead atoms. The minimum Gasteiger partial charge on any atom is -0.481 e. The molecule has 8 heteroatoms. The topological polar surface area (TPSA) is 131 Å². The molecule has 0 amide bonds. The lowest BCUT2D eigenvalue weighted by atomic mass is 10.1. The van der Waals surface area contributed by atoms with Gasteiger partial charge in [0.2, 0.25) is 5.95 Å². The van der Waals surface area contributed by atoms with Crippen LogP contribution in [0.5, 0.6) is 0 Å². The summed E-state index contributed by atoms with van der Waals surface area (Å²) < 4.78 is 1.19. The molecule has 1 aromatic rings. The van der Waals surface area contributed by atoms with Crippen molar-refractivity contribution in [1.29, 1.82) is 0 Å². The second kappa shape index (κ2) is 4.60. The number of aromatic nitrogens is 3. The Morgan fingerprint density at radius 3 is 2.50 bits per heavy atom. The van der Waals surface area contributed by atoms with Crippen LogP contribution in [0.1, 0.15) is 12.2 Å². The molecule has 0 spiro atoms. The first-order chi connectivity index (χ1) is 7.40. The molecule has 0 saturated heterocycles. The molecule has 0 fully saturated rings. The van der Waals surface area contributed by atoms with E-state index in [9.17, 15) is 9.59 Å². The first-order valence-electron chi connectivity index (χ1n) is 4.51. The van der Waals surface area contributed by atoms with Crippen LogP contribution in [-0.4, -0.2) is 36.9 Å². The fraction of sp³-hybridized carbons (Fsp3) is 0.500. The number of nitrogen functional groups attached to an aromatic ring is 1. The summed E-state index contributed by atoms with van der Waals surface area (Å²) in [4.78, 5) is 25.0. The zero-order chi connectivity index (χ0) is 12.3. The van der Waals surface area contributed by atoms with E-state index in [0.29, 0.717) is 5.82 Å². The second-order valence-electron chi connectivity index (χ2n) is 3.33. The van der Waals surface area contributed by atoms with Crippen molar-refractivity contribution in [2.24, 2.45) is 5.92 Å². The average molecular weight is 228 g/mol. The van der Waals surface area contributed by atoms with Crippen LogP contribution in [0.4, 0.5) is 5.95 Å². The minimum absolute atomic E-state index is 0.0779. The van der Waals surface area contributed by atoms with Gasteiger partial charge in [0.05, 0.1) is 18.9 Å². The van der Waals surface area contributed by atoms with Crippen molar-refractivity contribution in [2.75, 3.05) is 5.73 Å². The van der Waals surface area contributed by atoms with Crippen LogP contribution < -0.4 is 5.73 Å². The highest BCUT2D eigenvalue weighted by atomic mass is 16.4. The van der Waals surface area contributed by atoms with Gasteiger partial charge >= 0.3 is 11.9 Å². The van der Waals surface area contributed by atoms with Crippen molar-refractivity contribution >= 4 is 17.9 Å². The summed E-state index contributed by atoms with van der Waals surface area (Å²) in [5.74, 6) is -2.95. The van der Waals surface area contributed by atoms with Gasteiger partial charge in [-0.15, -0.1) is 0 Å². The summed E-state index contributed by atoms with van der Waals surface area (Å²) in [7, 11) is 0. The van der Waals surface area contributed by atoms with E-state index in [2.05, 4.69) is 10.1 Å². The fourth-order valence-corrected chi connectivity index (χ4v) is 1.26. The Morgan fingerprint density at radius 1 is 1.50 bits per heavy atom. The number of nitrogens with two attached hydrogens (primary N) is 1. The van der Waals surface area contributed by atoms with Gasteiger partial charge < -0.3 is 15.9 Å². The first kappa shape index (κ1) is 12.0. The predicted molar refractivity (Wildman–Crippen MR) is 52.6 cm³/mol. The van der Waals surface area contributed by atoms with Crippen LogP contribution in [0.15, 0.2) is 0 Å². The number of carboxylic acid groups (broad SMARTS) is 2. The van der Waals surface area contributed by atoms with E-state index < -0.39 is 24.3 Å². The van der Waals surface area contributed by atoms with Crippen LogP contribution >= 0.6 is 0 Å². The van der Waals surface area contributed by atoms with Crippen molar-refractivity contribution in [3.63, 3.8) is 0 Å². The van der Waals surface area contributed by atoms with E-state index in [4.69, 9.17) is 15.9 Å². The molecule has 0 unspecified atom stereocenters. The number of anilines is 1. The van der Waals surface area contributed by atoms with Crippen molar-refractivity contribution in [3.8, 4) is 0 Å². The number of carbonyl (C=O) groups is 2. The molecule has 8 nitrogen and oxygen atoms in total. The SMILES string of the molecule is Cc1nc(N)n(C[C@H](CC(=O)O)C(=O)O)n1. The Morgan fingerprint density at radius 2 is 2.12 bits per heavy atom. The molecule has 0 aliphatic rings. The van der Waals surface area contributed by atoms with E-state index >= 15 is 0 Å². The highest BCUT2D eigenvalue weighted by Crippen LogP contribution is 2.10. The molecule has 0 aliphatic carbocycles. The number of aliphatic carboxylic acids is 2. The molecule has 0 aliphatic heterocycles. The minimum atomic E-state index is -1.20. The van der Waals surface area contributed by atoms with Crippen LogP contribution in [0, 0.1) is 12.8 Å². The number of hydrogen-bond acceptors (Lipinski definition) is 5. The lowest BCUT2D eigenvalue weighted by molar-refractivity contribution is -0.148. The van der Waals surface area contributed by atoms with Gasteiger partial charge in [0.1, 0.15) is 5.82 Å². The smallest absolute Gasteiger partial charge is 0.308 e. The lowest BCUT2D eigenvalue weighted by Gasteiger charge is -2.09. The molecule has 0 saturated carbocycles. The molecule has 0 aromatic carbocycles. The lowest BCUT2D eigenvalue weighted by Crippen LogP contribution is -2.24. The number of aryl methyl sites for hydroxylation is 1. The van der Waals surface area contributed by atoms with Crippen LogP contribution in [0.3, 0.4) is 0 Å². The van der Waals surface area contributed by atoms with Gasteiger partial charge in [0.25, 0.3) is 0 Å². The Balaban J connectivity index is 2.79. The number of nitrogens with zero attached hydrogens (tertiary/aromatic N) is 3. The van der Waals surface area contributed by atoms with Crippen LogP contribution in [0.2, 0.25) is 0 Å². The molecule has 88 valence electrons. The number of carboxylic acids is 2. The first-order valence-corrected chi connectivity index (χ1v) is 4.51. The monoisotopic (exact) mass is 228 g/mol. The van der Waals surface area contributed by atoms with Crippen molar-refractivity contribution in [3.05, 3.63) is 5.82 Å². The fourth-order valence-electron chi connectivity index (χ4n) is 1.26. The molecular weight excluding hydrogens is 216 g/mol. The highest BCUT2D eigenvalue weighted by Gasteiger charge is 2.23. The van der Waals surface area contributed by atoms with Crippen molar-refractivity contribution in [1.82, 2.24) is 14.8 Å². The quantitative estimate of drug-likeness (QED) is 0.609. The molecular formula is C8H12N4O4. The molecule has 1 atom stereocenters. The summed E-state index contributed by atoms with van der Waals surface area (Å²) in [6.07, 6.45) is -0.478. The second-order valence-corrected chi connectivity index (χ2v) is 3.33. The molecule has 0 radical (unpaired) electrons. The number of hydrogen-bond donors (Lipinski definition) is 3. The standard InChI is InChI=1S/C8H12N4O4/c1-4-10-8(9)12(11-4)3-5(7(15)16)2-6(13)14/h5H,2-3H2,1H3,(H,13,14)(H,15,16)(H2,9,10,11)/t5-/m0/s1. The van der Waals surface area contributed by atoms with Gasteiger partial charge in [0, 0.05) is 0 Å². The van der Waals surface area contributed by atoms with E-state index in [1.54, 1.807) is 6.92 Å². The molecule has 4 N–H and O–H groups in total. The van der Waals surface area contributed by atoms with E-state index in [1.807, 2.05) is 0 Å². The molecule has 1 heterocycles. The third-order valence-corrected chi connectivity index (χ3v) is 1.97. The maximum Gasteiger partial charge on any atom is 0.308 e. The zero-order valence-electron chi connectivity index (χ0n) is 8.62. The Hall–Kier alpha value is -2.12. The van der Waals surface area contributed by atoms with Gasteiger partial charge in [-0.25, -0.2) is 4.68 Å². The molecule has 1 aromatic heterocycles. The Bertz CT molecular complexity index is 414. The third kappa shape index (κ3) is 2.94. The zero-order valence-corrected chi connectivity index (χ0v) is 8.62. The van der Waals surface area contributed by atoms with Gasteiger partial charge in [-0.2, -0.15) is 10.1 Å². The summed E-state index contributed by atoms with van der Waals surface area (Å²) >= 11 is 0. The van der Waals surface area contributed by atoms with Crippen molar-refractivity contribution in [2.45, 2.75) is 19.9 Å². The summed E-state index contributed by atoms with van der Waals surface area (Å²) in [6, 6.07) is 0. The number of rotatable bonds is 5. The summed E-state index contributed by atoms with van der Waals surface area (Å²) in [5, 5.41) is 21.2. The summed E-state index contributed by atoms with van der Waals surface area (Å²) in [6.45, 7) is 1.51. The Kier molecular flexibility index (Phi) is 3.44. The highest BCUT2D eigenvalue weighted by molar-refractivity contribution is 5.77. The van der Waals surface area contributed by atoms with Gasteiger partial charge in [-0.3, -0.25) is 9.59 Å². The van der Waals surface area contributed by atoms with Gasteiger partial charge in [-0.1, -0.05) is 0 Å². The normalized spacial score (nSPS) is 12.3. The van der Waals surface area contributed by atoms with Crippen LogP contribution in [-0.2, 0) is 16.1 Å². The van der Waals surface area contributed by atoms with E-state index in [0.717, 1.165) is 0 Å². The van der Waals surface area contributed by atoms with E-state index in [1.165, 1.54) is 4.68 Å². The predicted octanol–water partition coefficient (Wildman–Crippen LogP) is -0.656. The maximum absolute atomic E-state index is 10.8. The molecule has 1 rings (SSSR count). The van der Waals surface area contributed by atoms with Crippen LogP contribution in [0.25, 0.3) is 0 Å². The van der Waals surface area contributed by atoms with Gasteiger partial charge in [0.15, 0.2) is 0 Å². The third-order valence-electron chi connectivity index (χ3n) is 1.97. The van der Waals surface area contributed by atoms with Gasteiger partial charge in [-0.05, 0) is 6.92 Å². The molecule has 16 heavy (non-hydrogen) atoms.